The van der Waals surface area contributed by atoms with E-state index in [1.165, 1.54) is 0 Å². The molecule has 1 aromatic carbocycles. The van der Waals surface area contributed by atoms with Gasteiger partial charge in [-0.15, -0.1) is 0 Å². The molecule has 1 N–H and O–H groups in total. The fourth-order valence-corrected chi connectivity index (χ4v) is 1.43. The molecule has 1 heterocycles. The Morgan fingerprint density at radius 3 is 2.71 bits per heavy atom. The van der Waals surface area contributed by atoms with Gasteiger partial charge in [0.1, 0.15) is 5.76 Å². The lowest BCUT2D eigenvalue weighted by Crippen LogP contribution is -1.92. The average molecular weight is 190 g/mol. The molecule has 0 bridgehead atoms. The van der Waals surface area contributed by atoms with Crippen LogP contribution in [-0.4, -0.2) is 17.7 Å². The van der Waals surface area contributed by atoms with E-state index in [2.05, 4.69) is 0 Å². The predicted molar refractivity (Wildman–Crippen MR) is 51.5 cm³/mol. The van der Waals surface area contributed by atoms with E-state index in [0.29, 0.717) is 17.7 Å². The Bertz CT molecular complexity index is 393. The Morgan fingerprint density at radius 2 is 2.00 bits per heavy atom. The molecule has 0 amide bonds. The van der Waals surface area contributed by atoms with Crippen LogP contribution < -0.4 is 0 Å². The Morgan fingerprint density at radius 1 is 1.29 bits per heavy atom. The summed E-state index contributed by atoms with van der Waals surface area (Å²) in [5.41, 5.74) is 1.41. The number of hydrogen-bond acceptors (Lipinski definition) is 3. The molecule has 1 aliphatic rings. The van der Waals surface area contributed by atoms with Gasteiger partial charge in [0.15, 0.2) is 0 Å². The largest absolute Gasteiger partial charge is 0.423 e. The van der Waals surface area contributed by atoms with Crippen LogP contribution in [0.15, 0.2) is 30.3 Å². The quantitative estimate of drug-likeness (QED) is 0.720. The summed E-state index contributed by atoms with van der Waals surface area (Å²) >= 11 is 0. The Hall–Kier alpha value is -1.61. The van der Waals surface area contributed by atoms with Crippen LogP contribution in [0.3, 0.4) is 0 Å². The molecule has 0 saturated heterocycles. The number of carbonyl (C=O) groups excluding carboxylic acids is 1. The van der Waals surface area contributed by atoms with E-state index in [9.17, 15) is 4.79 Å². The zero-order valence-electron chi connectivity index (χ0n) is 7.56. The Labute approximate surface area is 81.6 Å². The topological polar surface area (TPSA) is 46.5 Å². The van der Waals surface area contributed by atoms with Crippen LogP contribution in [0.1, 0.15) is 22.3 Å². The van der Waals surface area contributed by atoms with Gasteiger partial charge in [-0.2, -0.15) is 0 Å². The van der Waals surface area contributed by atoms with Gasteiger partial charge in [-0.3, -0.25) is 0 Å². The monoisotopic (exact) mass is 190 g/mol. The Balaban J connectivity index is 2.39. The summed E-state index contributed by atoms with van der Waals surface area (Å²) in [6, 6.07) is 7.23. The number of carbonyl (C=O) groups is 1. The Kier molecular flexibility index (Phi) is 2.33. The molecule has 0 radical (unpaired) electrons. The number of benzene rings is 1. The summed E-state index contributed by atoms with van der Waals surface area (Å²) in [4.78, 5) is 11.3. The molecule has 72 valence electrons. The minimum atomic E-state index is -0.315. The van der Waals surface area contributed by atoms with Crippen LogP contribution in [0.25, 0.3) is 5.76 Å². The molecule has 3 nitrogen and oxygen atoms in total. The van der Waals surface area contributed by atoms with Gasteiger partial charge in [0.2, 0.25) is 0 Å². The lowest BCUT2D eigenvalue weighted by Gasteiger charge is -1.96. The highest BCUT2D eigenvalue weighted by Gasteiger charge is 2.24. The molecule has 0 atom stereocenters. The van der Waals surface area contributed by atoms with Gasteiger partial charge >= 0.3 is 5.97 Å². The second kappa shape index (κ2) is 3.64. The molecule has 0 aromatic heterocycles. The van der Waals surface area contributed by atoms with Crippen LogP contribution >= 0.6 is 0 Å². The van der Waals surface area contributed by atoms with Gasteiger partial charge in [-0.25, -0.2) is 4.79 Å². The first-order valence-electron chi connectivity index (χ1n) is 4.45. The molecule has 0 fully saturated rings. The molecule has 1 aromatic rings. The number of hydrogen-bond donors (Lipinski definition) is 1. The van der Waals surface area contributed by atoms with Crippen LogP contribution in [-0.2, 0) is 4.74 Å². The lowest BCUT2D eigenvalue weighted by molar-refractivity contribution is 0.0715. The highest BCUT2D eigenvalue weighted by molar-refractivity contribution is 6.02. The van der Waals surface area contributed by atoms with Crippen LogP contribution in [0, 0.1) is 0 Å². The smallest absolute Gasteiger partial charge is 0.344 e. The zero-order chi connectivity index (χ0) is 9.97. The van der Waals surface area contributed by atoms with Gasteiger partial charge in [-0.1, -0.05) is 18.2 Å². The summed E-state index contributed by atoms with van der Waals surface area (Å²) in [6.45, 7) is 0.0587. The van der Waals surface area contributed by atoms with E-state index in [1.807, 2.05) is 12.1 Å². The van der Waals surface area contributed by atoms with E-state index >= 15 is 0 Å². The van der Waals surface area contributed by atoms with Crippen molar-refractivity contribution in [3.8, 4) is 0 Å². The van der Waals surface area contributed by atoms with Gasteiger partial charge in [0, 0.05) is 12.2 Å². The molecule has 0 saturated carbocycles. The number of ether oxygens (including phenoxy) is 1. The van der Waals surface area contributed by atoms with E-state index in [-0.39, 0.29) is 12.6 Å². The van der Waals surface area contributed by atoms with Crippen molar-refractivity contribution in [3.63, 3.8) is 0 Å². The van der Waals surface area contributed by atoms with Crippen molar-refractivity contribution < 1.29 is 14.6 Å². The molecule has 14 heavy (non-hydrogen) atoms. The van der Waals surface area contributed by atoms with Crippen molar-refractivity contribution in [1.82, 2.24) is 0 Å². The lowest BCUT2D eigenvalue weighted by atomic mass is 10.1. The molecule has 3 heteroatoms. The van der Waals surface area contributed by atoms with Gasteiger partial charge in [-0.05, 0) is 18.6 Å². The first kappa shape index (κ1) is 8.97. The van der Waals surface area contributed by atoms with E-state index < -0.39 is 0 Å². The third-order valence-electron chi connectivity index (χ3n) is 2.07. The van der Waals surface area contributed by atoms with Crippen LogP contribution in [0.5, 0.6) is 0 Å². The van der Waals surface area contributed by atoms with Crippen molar-refractivity contribution in [2.75, 3.05) is 6.61 Å². The standard InChI is InChI=1S/C11H10O3/c12-7-3-6-10-8-4-1-2-5-9(8)11(13)14-10/h1-2,4-6,12H,3,7H2/b10-6-. The minimum absolute atomic E-state index is 0.0587. The van der Waals surface area contributed by atoms with E-state index in [0.717, 1.165) is 5.56 Å². The van der Waals surface area contributed by atoms with Gasteiger partial charge in [0.25, 0.3) is 0 Å². The number of esters is 1. The van der Waals surface area contributed by atoms with Gasteiger partial charge < -0.3 is 9.84 Å². The summed E-state index contributed by atoms with van der Waals surface area (Å²) in [7, 11) is 0. The number of aliphatic hydroxyl groups excluding tert-OH is 1. The van der Waals surface area contributed by atoms with Crippen LogP contribution in [0.2, 0.25) is 0 Å². The molecule has 1 aliphatic heterocycles. The van der Waals surface area contributed by atoms with Crippen molar-refractivity contribution in [2.24, 2.45) is 0 Å². The third kappa shape index (κ3) is 1.42. The number of fused-ring (bicyclic) bond motifs is 1. The first-order valence-corrected chi connectivity index (χ1v) is 4.45. The summed E-state index contributed by atoms with van der Waals surface area (Å²) in [5.74, 6) is 0.240. The van der Waals surface area contributed by atoms with Crippen LogP contribution in [0.4, 0.5) is 0 Å². The SMILES string of the molecule is O=C1O/C(=C\CCO)c2ccccc21. The first-order chi connectivity index (χ1) is 6.83. The highest BCUT2D eigenvalue weighted by atomic mass is 16.5. The second-order valence-corrected chi connectivity index (χ2v) is 3.02. The fourth-order valence-electron chi connectivity index (χ4n) is 1.43. The summed E-state index contributed by atoms with van der Waals surface area (Å²) in [5, 5.41) is 8.66. The predicted octanol–water partition coefficient (Wildman–Crippen LogP) is 1.58. The normalized spacial score (nSPS) is 16.9. The molecule has 0 spiro atoms. The average Bonchev–Trinajstić information content (AvgIpc) is 2.54. The highest BCUT2D eigenvalue weighted by Crippen LogP contribution is 2.29. The maximum atomic E-state index is 11.3. The summed E-state index contributed by atoms with van der Waals surface area (Å²) in [6.07, 6.45) is 2.22. The fraction of sp³-hybridized carbons (Fsp3) is 0.182. The van der Waals surface area contributed by atoms with Gasteiger partial charge in [0.05, 0.1) is 5.56 Å². The van der Waals surface area contributed by atoms with E-state index in [4.69, 9.17) is 9.84 Å². The van der Waals surface area contributed by atoms with Crippen molar-refractivity contribution in [2.45, 2.75) is 6.42 Å². The number of aliphatic hydroxyl groups is 1. The minimum Gasteiger partial charge on any atom is -0.423 e. The molecular weight excluding hydrogens is 180 g/mol. The van der Waals surface area contributed by atoms with E-state index in [1.54, 1.807) is 18.2 Å². The molecular formula is C11H10O3. The summed E-state index contributed by atoms with van der Waals surface area (Å²) < 4.78 is 5.04. The second-order valence-electron chi connectivity index (χ2n) is 3.02. The molecule has 2 rings (SSSR count). The zero-order valence-corrected chi connectivity index (χ0v) is 7.56. The molecule has 0 aliphatic carbocycles. The number of rotatable bonds is 2. The van der Waals surface area contributed by atoms with Crippen molar-refractivity contribution in [3.05, 3.63) is 41.5 Å². The maximum Gasteiger partial charge on any atom is 0.344 e. The third-order valence-corrected chi connectivity index (χ3v) is 2.07. The van der Waals surface area contributed by atoms with Crippen molar-refractivity contribution >= 4 is 11.7 Å². The number of cyclic esters (lactones) is 1. The maximum absolute atomic E-state index is 11.3. The van der Waals surface area contributed by atoms with Crippen molar-refractivity contribution in [1.29, 1.82) is 0 Å². The molecule has 0 unspecified atom stereocenters.